The average Bonchev–Trinajstić information content (AvgIpc) is 2.55. The van der Waals surface area contributed by atoms with E-state index in [4.69, 9.17) is 0 Å². The summed E-state index contributed by atoms with van der Waals surface area (Å²) >= 11 is 0. The van der Waals surface area contributed by atoms with Gasteiger partial charge in [0, 0.05) is 6.42 Å². The predicted molar refractivity (Wildman–Crippen MR) is 90.5 cm³/mol. The van der Waals surface area contributed by atoms with Gasteiger partial charge in [-0.2, -0.15) is 0 Å². The highest BCUT2D eigenvalue weighted by molar-refractivity contribution is 6.01. The number of hydrogen-bond acceptors (Lipinski definition) is 6. The van der Waals surface area contributed by atoms with Crippen LogP contribution in [-0.2, 0) is 23.9 Å². The van der Waals surface area contributed by atoms with Crippen LogP contribution in [0.4, 0.5) is 11.4 Å². The number of nitrogens with one attached hydrogen (secondary N) is 2. The normalized spacial score (nSPS) is 10.8. The van der Waals surface area contributed by atoms with Gasteiger partial charge in [0.25, 0.3) is 0 Å². The average molecular weight is 334 g/mol. The number of methoxy groups -OCH3 is 2. The highest BCUT2D eigenvalue weighted by Gasteiger charge is 2.15. The molecule has 1 amide bonds. The molecule has 0 aromatic heterocycles. The van der Waals surface area contributed by atoms with E-state index in [2.05, 4.69) is 20.1 Å². The van der Waals surface area contributed by atoms with E-state index in [0.29, 0.717) is 17.8 Å². The third-order valence-electron chi connectivity index (χ3n) is 3.06. The van der Waals surface area contributed by atoms with E-state index in [1.165, 1.54) is 14.2 Å². The Bertz CT molecular complexity index is 652. The molecule has 7 heteroatoms. The van der Waals surface area contributed by atoms with Crippen LogP contribution in [0.25, 0.3) is 0 Å². The predicted octanol–water partition coefficient (Wildman–Crippen LogP) is 2.38. The van der Waals surface area contributed by atoms with Crippen LogP contribution in [0.1, 0.15) is 25.3 Å². The Kier molecular flexibility index (Phi) is 7.48. The Labute approximate surface area is 141 Å². The summed E-state index contributed by atoms with van der Waals surface area (Å²) in [5, 5.41) is 5.59. The zero-order valence-corrected chi connectivity index (χ0v) is 14.3. The molecule has 130 valence electrons. The first kappa shape index (κ1) is 19.2. The number of amides is 1. The summed E-state index contributed by atoms with van der Waals surface area (Å²) in [5.74, 6) is -1.57. The van der Waals surface area contributed by atoms with Crippen LogP contribution in [0, 0.1) is 6.92 Å². The summed E-state index contributed by atoms with van der Waals surface area (Å²) in [7, 11) is 2.41. The lowest BCUT2D eigenvalue weighted by Gasteiger charge is -2.15. The van der Waals surface area contributed by atoms with E-state index in [0.717, 1.165) is 18.1 Å². The van der Waals surface area contributed by atoms with Crippen LogP contribution in [-0.4, -0.2) is 32.1 Å². The highest BCUT2D eigenvalue weighted by Crippen LogP contribution is 2.25. The number of carbonyl (C=O) groups is 3. The van der Waals surface area contributed by atoms with Crippen molar-refractivity contribution < 1.29 is 23.9 Å². The molecule has 0 aliphatic carbocycles. The van der Waals surface area contributed by atoms with E-state index < -0.39 is 11.9 Å². The maximum Gasteiger partial charge on any atom is 0.354 e. The molecule has 0 heterocycles. The minimum absolute atomic E-state index is 0.0964. The van der Waals surface area contributed by atoms with Gasteiger partial charge in [-0.25, -0.2) is 9.59 Å². The molecule has 0 unspecified atom stereocenters. The Morgan fingerprint density at radius 1 is 1.08 bits per heavy atom. The molecule has 0 saturated heterocycles. The van der Waals surface area contributed by atoms with Crippen molar-refractivity contribution in [3.8, 4) is 0 Å². The number of aryl methyl sites for hydroxylation is 1. The van der Waals surface area contributed by atoms with Crippen molar-refractivity contribution in [1.29, 1.82) is 0 Å². The molecule has 0 bridgehead atoms. The van der Waals surface area contributed by atoms with E-state index >= 15 is 0 Å². The Hall–Kier alpha value is -2.83. The second-order valence-electron chi connectivity index (χ2n) is 5.04. The van der Waals surface area contributed by atoms with Crippen LogP contribution in [0.3, 0.4) is 0 Å². The Balaban J connectivity index is 3.15. The molecule has 2 N–H and O–H groups in total. The Morgan fingerprint density at radius 2 is 1.79 bits per heavy atom. The van der Waals surface area contributed by atoms with Gasteiger partial charge >= 0.3 is 11.9 Å². The van der Waals surface area contributed by atoms with Gasteiger partial charge in [0.05, 0.1) is 31.7 Å². The first-order valence-electron chi connectivity index (χ1n) is 7.46. The number of benzene rings is 1. The number of esters is 2. The minimum Gasteiger partial charge on any atom is -0.466 e. The molecule has 1 aromatic rings. The number of anilines is 2. The zero-order chi connectivity index (χ0) is 18.1. The fourth-order valence-corrected chi connectivity index (χ4v) is 1.89. The maximum absolute atomic E-state index is 11.8. The highest BCUT2D eigenvalue weighted by atomic mass is 16.5. The SMILES string of the molecule is CCCC(=O)Nc1ccc(C)cc1N/C(=C/C(=O)OC)C(=O)OC. The van der Waals surface area contributed by atoms with Gasteiger partial charge in [-0.1, -0.05) is 13.0 Å². The molecule has 0 saturated carbocycles. The molecule has 0 aliphatic heterocycles. The molecule has 0 fully saturated rings. The number of ether oxygens (including phenoxy) is 2. The number of carbonyl (C=O) groups excluding carboxylic acids is 3. The maximum atomic E-state index is 11.8. The van der Waals surface area contributed by atoms with Crippen molar-refractivity contribution in [2.75, 3.05) is 24.9 Å². The van der Waals surface area contributed by atoms with Crippen molar-refractivity contribution in [2.24, 2.45) is 0 Å². The summed E-state index contributed by atoms with van der Waals surface area (Å²) in [6, 6.07) is 5.29. The molecule has 0 aliphatic rings. The number of hydrogen-bond donors (Lipinski definition) is 2. The molecule has 0 spiro atoms. The van der Waals surface area contributed by atoms with Crippen molar-refractivity contribution >= 4 is 29.2 Å². The lowest BCUT2D eigenvalue weighted by Crippen LogP contribution is -2.18. The van der Waals surface area contributed by atoms with Crippen molar-refractivity contribution in [1.82, 2.24) is 0 Å². The quantitative estimate of drug-likeness (QED) is 0.587. The van der Waals surface area contributed by atoms with Crippen LogP contribution in [0.5, 0.6) is 0 Å². The first-order chi connectivity index (χ1) is 11.4. The summed E-state index contributed by atoms with van der Waals surface area (Å²) < 4.78 is 9.19. The Morgan fingerprint density at radius 3 is 2.38 bits per heavy atom. The van der Waals surface area contributed by atoms with E-state index in [9.17, 15) is 14.4 Å². The van der Waals surface area contributed by atoms with Crippen LogP contribution in [0.15, 0.2) is 30.0 Å². The standard InChI is InChI=1S/C17H22N2O5/c1-5-6-15(20)19-12-8-7-11(2)9-13(12)18-14(17(22)24-4)10-16(21)23-3/h7-10,18H,5-6H2,1-4H3,(H,19,20)/b14-10+. The minimum atomic E-state index is -0.729. The fourth-order valence-electron chi connectivity index (χ4n) is 1.89. The van der Waals surface area contributed by atoms with Crippen molar-refractivity contribution in [2.45, 2.75) is 26.7 Å². The van der Waals surface area contributed by atoms with Crippen LogP contribution in [0.2, 0.25) is 0 Å². The topological polar surface area (TPSA) is 93.7 Å². The van der Waals surface area contributed by atoms with Gasteiger partial charge < -0.3 is 20.1 Å². The smallest absolute Gasteiger partial charge is 0.354 e. The van der Waals surface area contributed by atoms with Gasteiger partial charge in [0.1, 0.15) is 5.70 Å². The molecular formula is C17H22N2O5. The molecule has 0 atom stereocenters. The van der Waals surface area contributed by atoms with E-state index in [1.54, 1.807) is 12.1 Å². The van der Waals surface area contributed by atoms with Gasteiger partial charge in [0.2, 0.25) is 5.91 Å². The molecular weight excluding hydrogens is 312 g/mol. The van der Waals surface area contributed by atoms with Crippen LogP contribution < -0.4 is 10.6 Å². The number of rotatable bonds is 7. The zero-order valence-electron chi connectivity index (χ0n) is 14.3. The molecule has 1 aromatic carbocycles. The summed E-state index contributed by atoms with van der Waals surface area (Å²) in [6.07, 6.45) is 2.09. The van der Waals surface area contributed by atoms with Gasteiger partial charge in [-0.3, -0.25) is 4.79 Å². The molecule has 7 nitrogen and oxygen atoms in total. The largest absolute Gasteiger partial charge is 0.466 e. The first-order valence-corrected chi connectivity index (χ1v) is 7.46. The molecule has 1 rings (SSSR count). The van der Waals surface area contributed by atoms with Crippen molar-refractivity contribution in [3.05, 3.63) is 35.5 Å². The lowest BCUT2D eigenvalue weighted by atomic mass is 10.1. The second kappa shape index (κ2) is 9.34. The summed E-state index contributed by atoms with van der Waals surface area (Å²) in [4.78, 5) is 35.1. The summed E-state index contributed by atoms with van der Waals surface area (Å²) in [5.41, 5.74) is 1.79. The van der Waals surface area contributed by atoms with Crippen molar-refractivity contribution in [3.63, 3.8) is 0 Å². The monoisotopic (exact) mass is 334 g/mol. The fraction of sp³-hybridized carbons (Fsp3) is 0.353. The van der Waals surface area contributed by atoms with Crippen LogP contribution >= 0.6 is 0 Å². The van der Waals surface area contributed by atoms with Gasteiger partial charge in [-0.05, 0) is 31.0 Å². The third kappa shape index (κ3) is 5.75. The van der Waals surface area contributed by atoms with Gasteiger partial charge in [0.15, 0.2) is 0 Å². The second-order valence-corrected chi connectivity index (χ2v) is 5.04. The lowest BCUT2D eigenvalue weighted by molar-refractivity contribution is -0.138. The van der Waals surface area contributed by atoms with E-state index in [-0.39, 0.29) is 11.6 Å². The third-order valence-corrected chi connectivity index (χ3v) is 3.06. The summed E-state index contributed by atoms with van der Waals surface area (Å²) in [6.45, 7) is 3.77. The van der Waals surface area contributed by atoms with Gasteiger partial charge in [-0.15, -0.1) is 0 Å². The molecule has 24 heavy (non-hydrogen) atoms. The molecule has 0 radical (unpaired) electrons. The van der Waals surface area contributed by atoms with E-state index in [1.807, 2.05) is 19.9 Å².